The lowest BCUT2D eigenvalue weighted by molar-refractivity contribution is 0.718. The van der Waals surface area contributed by atoms with Gasteiger partial charge in [-0.25, -0.2) is 0 Å². The van der Waals surface area contributed by atoms with Crippen molar-refractivity contribution in [2.45, 2.75) is 12.5 Å². The Bertz CT molecular complexity index is 693. The van der Waals surface area contributed by atoms with Crippen molar-refractivity contribution < 1.29 is 0 Å². The van der Waals surface area contributed by atoms with E-state index in [4.69, 9.17) is 5.73 Å². The molecule has 0 spiro atoms. The van der Waals surface area contributed by atoms with Crippen molar-refractivity contribution in [3.8, 4) is 11.1 Å². The first-order chi connectivity index (χ1) is 10.3. The monoisotopic (exact) mass is 274 g/mol. The molecule has 0 aliphatic heterocycles. The van der Waals surface area contributed by atoms with E-state index in [0.717, 1.165) is 17.5 Å². The van der Waals surface area contributed by atoms with E-state index in [0.29, 0.717) is 0 Å². The maximum Gasteiger partial charge on any atom is 0.0351 e. The van der Waals surface area contributed by atoms with Crippen molar-refractivity contribution in [2.75, 3.05) is 0 Å². The zero-order chi connectivity index (χ0) is 14.5. The fraction of sp³-hybridized carbons (Fsp3) is 0.105. The third kappa shape index (κ3) is 3.36. The number of hydrogen-bond acceptors (Lipinski definition) is 2. The molecule has 0 bridgehead atoms. The van der Waals surface area contributed by atoms with Crippen molar-refractivity contribution in [3.63, 3.8) is 0 Å². The highest BCUT2D eigenvalue weighted by molar-refractivity contribution is 5.62. The van der Waals surface area contributed by atoms with Gasteiger partial charge < -0.3 is 5.73 Å². The second-order valence-electron chi connectivity index (χ2n) is 5.17. The predicted molar refractivity (Wildman–Crippen MR) is 86.7 cm³/mol. The molecule has 2 aromatic carbocycles. The first-order valence-electron chi connectivity index (χ1n) is 7.13. The SMILES string of the molecule is NC(Cc1ccccc1)c1cncc(-c2ccccc2)c1. The second kappa shape index (κ2) is 6.33. The van der Waals surface area contributed by atoms with Crippen molar-refractivity contribution in [1.29, 1.82) is 0 Å². The summed E-state index contributed by atoms with van der Waals surface area (Å²) in [5.41, 5.74) is 10.9. The summed E-state index contributed by atoms with van der Waals surface area (Å²) in [5.74, 6) is 0. The number of pyridine rings is 1. The molecule has 2 N–H and O–H groups in total. The van der Waals surface area contributed by atoms with Gasteiger partial charge in [0.25, 0.3) is 0 Å². The topological polar surface area (TPSA) is 38.9 Å². The smallest absolute Gasteiger partial charge is 0.0351 e. The molecule has 3 aromatic rings. The zero-order valence-corrected chi connectivity index (χ0v) is 11.8. The van der Waals surface area contributed by atoms with Gasteiger partial charge in [0.05, 0.1) is 0 Å². The molecular weight excluding hydrogens is 256 g/mol. The minimum absolute atomic E-state index is 0.0384. The molecule has 0 radical (unpaired) electrons. The molecule has 1 unspecified atom stereocenters. The molecular formula is C19H18N2. The summed E-state index contributed by atoms with van der Waals surface area (Å²) in [6.45, 7) is 0. The first kappa shape index (κ1) is 13.5. The Morgan fingerprint density at radius 2 is 1.48 bits per heavy atom. The van der Waals surface area contributed by atoms with Crippen molar-refractivity contribution in [3.05, 3.63) is 90.3 Å². The molecule has 0 saturated heterocycles. The molecule has 104 valence electrons. The minimum Gasteiger partial charge on any atom is -0.324 e. The Morgan fingerprint density at radius 3 is 2.19 bits per heavy atom. The fourth-order valence-electron chi connectivity index (χ4n) is 2.43. The van der Waals surface area contributed by atoms with Crippen LogP contribution >= 0.6 is 0 Å². The maximum absolute atomic E-state index is 6.33. The van der Waals surface area contributed by atoms with Gasteiger partial charge in [0.2, 0.25) is 0 Å². The van der Waals surface area contributed by atoms with Crippen LogP contribution in [0.3, 0.4) is 0 Å². The van der Waals surface area contributed by atoms with Crippen molar-refractivity contribution >= 4 is 0 Å². The average molecular weight is 274 g/mol. The molecule has 0 fully saturated rings. The van der Waals surface area contributed by atoms with Gasteiger partial charge >= 0.3 is 0 Å². The van der Waals surface area contributed by atoms with Crippen LogP contribution in [0, 0.1) is 0 Å². The van der Waals surface area contributed by atoms with Crippen LogP contribution in [0.5, 0.6) is 0 Å². The van der Waals surface area contributed by atoms with E-state index < -0.39 is 0 Å². The summed E-state index contributed by atoms with van der Waals surface area (Å²) in [6.07, 6.45) is 4.56. The van der Waals surface area contributed by atoms with E-state index >= 15 is 0 Å². The van der Waals surface area contributed by atoms with Crippen LogP contribution in [0.4, 0.5) is 0 Å². The highest BCUT2D eigenvalue weighted by atomic mass is 14.7. The van der Waals surface area contributed by atoms with E-state index in [1.54, 1.807) is 0 Å². The van der Waals surface area contributed by atoms with E-state index in [-0.39, 0.29) is 6.04 Å². The van der Waals surface area contributed by atoms with Gasteiger partial charge in [-0.2, -0.15) is 0 Å². The van der Waals surface area contributed by atoms with Gasteiger partial charge in [0.15, 0.2) is 0 Å². The fourth-order valence-corrected chi connectivity index (χ4v) is 2.43. The summed E-state index contributed by atoms with van der Waals surface area (Å²) in [6, 6.07) is 22.7. The molecule has 3 rings (SSSR count). The standard InChI is InChI=1S/C19H18N2/c20-19(11-15-7-3-1-4-8-15)18-12-17(13-21-14-18)16-9-5-2-6-10-16/h1-10,12-14,19H,11,20H2. The zero-order valence-electron chi connectivity index (χ0n) is 11.8. The van der Waals surface area contributed by atoms with Crippen LogP contribution in [0.25, 0.3) is 11.1 Å². The molecule has 0 saturated carbocycles. The van der Waals surface area contributed by atoms with Crippen molar-refractivity contribution in [1.82, 2.24) is 4.98 Å². The van der Waals surface area contributed by atoms with Gasteiger partial charge in [-0.05, 0) is 29.2 Å². The highest BCUT2D eigenvalue weighted by Crippen LogP contribution is 2.22. The Balaban J connectivity index is 1.83. The molecule has 2 heteroatoms. The molecule has 0 amide bonds. The average Bonchev–Trinajstić information content (AvgIpc) is 2.57. The summed E-state index contributed by atoms with van der Waals surface area (Å²) < 4.78 is 0. The minimum atomic E-state index is -0.0384. The van der Waals surface area contributed by atoms with Crippen LogP contribution in [0.1, 0.15) is 17.2 Å². The predicted octanol–water partition coefficient (Wildman–Crippen LogP) is 3.99. The van der Waals surface area contributed by atoms with Crippen molar-refractivity contribution in [2.24, 2.45) is 5.73 Å². The van der Waals surface area contributed by atoms with E-state index in [1.807, 2.05) is 48.8 Å². The lowest BCUT2D eigenvalue weighted by atomic mass is 9.98. The third-order valence-electron chi connectivity index (χ3n) is 3.59. The van der Waals surface area contributed by atoms with Crippen LogP contribution in [-0.4, -0.2) is 4.98 Å². The van der Waals surface area contributed by atoms with Crippen LogP contribution in [0.2, 0.25) is 0 Å². The quantitative estimate of drug-likeness (QED) is 0.781. The lowest BCUT2D eigenvalue weighted by Crippen LogP contribution is -2.13. The number of hydrogen-bond donors (Lipinski definition) is 1. The van der Waals surface area contributed by atoms with E-state index in [9.17, 15) is 0 Å². The molecule has 1 heterocycles. The molecule has 1 atom stereocenters. The summed E-state index contributed by atoms with van der Waals surface area (Å²) >= 11 is 0. The third-order valence-corrected chi connectivity index (χ3v) is 3.59. The van der Waals surface area contributed by atoms with Gasteiger partial charge in [-0.3, -0.25) is 4.98 Å². The Hall–Kier alpha value is -2.45. The van der Waals surface area contributed by atoms with Gasteiger partial charge in [0, 0.05) is 24.0 Å². The summed E-state index contributed by atoms with van der Waals surface area (Å²) in [4.78, 5) is 4.34. The van der Waals surface area contributed by atoms with Gasteiger partial charge in [-0.1, -0.05) is 60.7 Å². The Morgan fingerprint density at radius 1 is 0.810 bits per heavy atom. The lowest BCUT2D eigenvalue weighted by Gasteiger charge is -2.13. The molecule has 21 heavy (non-hydrogen) atoms. The van der Waals surface area contributed by atoms with Crippen LogP contribution in [-0.2, 0) is 6.42 Å². The largest absolute Gasteiger partial charge is 0.324 e. The normalized spacial score (nSPS) is 12.0. The van der Waals surface area contributed by atoms with Crippen LogP contribution < -0.4 is 5.73 Å². The Kier molecular flexibility index (Phi) is 4.08. The molecule has 0 aliphatic rings. The summed E-state index contributed by atoms with van der Waals surface area (Å²) in [7, 11) is 0. The number of benzene rings is 2. The molecule has 2 nitrogen and oxygen atoms in total. The number of aromatic nitrogens is 1. The first-order valence-corrected chi connectivity index (χ1v) is 7.13. The van der Waals surface area contributed by atoms with E-state index in [2.05, 4.69) is 35.3 Å². The second-order valence-corrected chi connectivity index (χ2v) is 5.17. The molecule has 1 aromatic heterocycles. The number of rotatable bonds is 4. The van der Waals surface area contributed by atoms with Gasteiger partial charge in [0.1, 0.15) is 0 Å². The van der Waals surface area contributed by atoms with E-state index in [1.165, 1.54) is 11.1 Å². The summed E-state index contributed by atoms with van der Waals surface area (Å²) in [5, 5.41) is 0. The number of nitrogens with two attached hydrogens (primary N) is 1. The highest BCUT2D eigenvalue weighted by Gasteiger charge is 2.09. The maximum atomic E-state index is 6.33. The number of nitrogens with zero attached hydrogens (tertiary/aromatic N) is 1. The van der Waals surface area contributed by atoms with Crippen LogP contribution in [0.15, 0.2) is 79.1 Å². The Labute approximate surface area is 125 Å². The van der Waals surface area contributed by atoms with Gasteiger partial charge in [-0.15, -0.1) is 0 Å². The molecule has 0 aliphatic carbocycles.